The Labute approximate surface area is 201 Å². The molecule has 1 aliphatic rings. The predicted molar refractivity (Wildman–Crippen MR) is 125 cm³/mol. The number of carbonyl (C=O) groups is 1. The van der Waals surface area contributed by atoms with Crippen LogP contribution >= 0.6 is 23.2 Å². The fraction of sp³-hybridized carbons (Fsp3) is 0.286. The molecule has 2 atom stereocenters. The molecule has 2 unspecified atom stereocenters. The number of benzene rings is 2. The van der Waals surface area contributed by atoms with Crippen molar-refractivity contribution in [3.63, 3.8) is 0 Å². The first kappa shape index (κ1) is 23.7. The van der Waals surface area contributed by atoms with E-state index in [4.69, 9.17) is 27.9 Å². The summed E-state index contributed by atoms with van der Waals surface area (Å²) >= 11 is 12.4. The van der Waals surface area contributed by atoms with Crippen LogP contribution in [-0.2, 0) is 14.8 Å². The highest BCUT2D eigenvalue weighted by molar-refractivity contribution is 7.89. The summed E-state index contributed by atoms with van der Waals surface area (Å²) < 4.78 is 35.0. The highest BCUT2D eigenvalue weighted by Crippen LogP contribution is 2.29. The lowest BCUT2D eigenvalue weighted by Gasteiger charge is -2.34. The van der Waals surface area contributed by atoms with E-state index < -0.39 is 15.9 Å². The molecule has 0 spiro atoms. The van der Waals surface area contributed by atoms with E-state index in [9.17, 15) is 13.2 Å². The molecule has 1 N–H and O–H groups in total. The van der Waals surface area contributed by atoms with Gasteiger partial charge in [-0.3, -0.25) is 4.79 Å². The van der Waals surface area contributed by atoms with Crippen molar-refractivity contribution < 1.29 is 17.9 Å². The SMILES string of the molecule is CC1CN(S(=O)(=O)c2cc(C(=O)Nc3cc(Cl)ccc3-n3cncn3)ccc2Cl)CC(C)O1. The zero-order valence-electron chi connectivity index (χ0n) is 17.8. The Morgan fingerprint density at radius 2 is 1.85 bits per heavy atom. The highest BCUT2D eigenvalue weighted by atomic mass is 35.5. The Morgan fingerprint density at radius 1 is 1.12 bits per heavy atom. The van der Waals surface area contributed by atoms with Crippen molar-refractivity contribution in [1.82, 2.24) is 19.1 Å². The van der Waals surface area contributed by atoms with Gasteiger partial charge >= 0.3 is 0 Å². The monoisotopic (exact) mass is 509 g/mol. The van der Waals surface area contributed by atoms with Crippen LogP contribution in [0.25, 0.3) is 5.69 Å². The lowest BCUT2D eigenvalue weighted by Crippen LogP contribution is -2.48. The van der Waals surface area contributed by atoms with Crippen LogP contribution in [-0.4, -0.2) is 58.7 Å². The molecule has 1 amide bonds. The largest absolute Gasteiger partial charge is 0.373 e. The van der Waals surface area contributed by atoms with Gasteiger partial charge in [-0.25, -0.2) is 18.1 Å². The van der Waals surface area contributed by atoms with Crippen LogP contribution in [0.3, 0.4) is 0 Å². The molecular weight excluding hydrogens is 489 g/mol. The van der Waals surface area contributed by atoms with E-state index in [1.165, 1.54) is 39.8 Å². The van der Waals surface area contributed by atoms with Gasteiger partial charge < -0.3 is 10.1 Å². The lowest BCUT2D eigenvalue weighted by atomic mass is 10.2. The highest BCUT2D eigenvalue weighted by Gasteiger charge is 2.34. The van der Waals surface area contributed by atoms with Crippen molar-refractivity contribution in [2.75, 3.05) is 18.4 Å². The van der Waals surface area contributed by atoms with Gasteiger partial charge in [0.15, 0.2) is 0 Å². The smallest absolute Gasteiger partial charge is 0.255 e. The van der Waals surface area contributed by atoms with E-state index in [0.717, 1.165) is 0 Å². The molecule has 9 nitrogen and oxygen atoms in total. The Morgan fingerprint density at radius 3 is 2.52 bits per heavy atom. The maximum absolute atomic E-state index is 13.3. The van der Waals surface area contributed by atoms with Gasteiger partial charge in [-0.15, -0.1) is 0 Å². The Kier molecular flexibility index (Phi) is 6.73. The number of morpholine rings is 1. The van der Waals surface area contributed by atoms with Crippen molar-refractivity contribution in [3.05, 3.63) is 64.7 Å². The van der Waals surface area contributed by atoms with Crippen molar-refractivity contribution in [3.8, 4) is 5.69 Å². The van der Waals surface area contributed by atoms with Crippen molar-refractivity contribution in [2.24, 2.45) is 0 Å². The topological polar surface area (TPSA) is 106 Å². The number of rotatable bonds is 5. The number of ether oxygens (including phenoxy) is 1. The Bertz CT molecular complexity index is 1270. The first-order valence-corrected chi connectivity index (χ1v) is 12.3. The summed E-state index contributed by atoms with van der Waals surface area (Å²) in [5.74, 6) is -0.532. The minimum absolute atomic E-state index is 0.0319. The van der Waals surface area contributed by atoms with E-state index in [1.807, 2.05) is 0 Å². The van der Waals surface area contributed by atoms with Crippen LogP contribution < -0.4 is 5.32 Å². The second kappa shape index (κ2) is 9.40. The van der Waals surface area contributed by atoms with Gasteiger partial charge in [-0.1, -0.05) is 23.2 Å². The summed E-state index contributed by atoms with van der Waals surface area (Å²) in [5.41, 5.74) is 1.05. The number of sulfonamides is 1. The maximum atomic E-state index is 13.3. The minimum Gasteiger partial charge on any atom is -0.373 e. The first-order valence-electron chi connectivity index (χ1n) is 10.1. The number of hydrogen-bond donors (Lipinski definition) is 1. The number of halogens is 2. The normalized spacial score (nSPS) is 19.4. The third kappa shape index (κ3) is 5.04. The molecule has 2 aromatic carbocycles. The van der Waals surface area contributed by atoms with Crippen LogP contribution in [0.15, 0.2) is 53.9 Å². The third-order valence-corrected chi connectivity index (χ3v) is 7.62. The van der Waals surface area contributed by atoms with Crippen LogP contribution in [0.1, 0.15) is 24.2 Å². The van der Waals surface area contributed by atoms with Gasteiger partial charge in [0, 0.05) is 23.7 Å². The molecule has 1 aliphatic heterocycles. The zero-order valence-corrected chi connectivity index (χ0v) is 20.1. The molecular formula is C21H21Cl2N5O4S. The first-order chi connectivity index (χ1) is 15.6. The predicted octanol–water partition coefficient (Wildman–Crippen LogP) is 3.62. The molecule has 0 aliphatic carbocycles. The van der Waals surface area contributed by atoms with Crippen molar-refractivity contribution >= 4 is 44.8 Å². The standard InChI is InChI=1S/C21H21Cl2N5O4S/c1-13-9-27(10-14(2)32-13)33(30,31)20-7-15(3-5-17(20)23)21(29)26-18-8-16(22)4-6-19(18)28-12-24-11-25-28/h3-8,11-14H,9-10H2,1-2H3,(H,26,29). The fourth-order valence-corrected chi connectivity index (χ4v) is 5.91. The van der Waals surface area contributed by atoms with Gasteiger partial charge in [0.05, 0.1) is 28.6 Å². The summed E-state index contributed by atoms with van der Waals surface area (Å²) in [6.45, 7) is 4.01. The summed E-state index contributed by atoms with van der Waals surface area (Å²) in [4.78, 5) is 16.8. The van der Waals surface area contributed by atoms with Gasteiger partial charge in [0.25, 0.3) is 5.91 Å². The number of nitrogens with one attached hydrogen (secondary N) is 1. The van der Waals surface area contributed by atoms with E-state index in [2.05, 4.69) is 15.4 Å². The van der Waals surface area contributed by atoms with Gasteiger partial charge in [0.1, 0.15) is 17.6 Å². The molecule has 2 heterocycles. The number of anilines is 1. The number of amides is 1. The number of aromatic nitrogens is 3. The summed E-state index contributed by atoms with van der Waals surface area (Å²) in [5, 5.41) is 7.28. The summed E-state index contributed by atoms with van der Waals surface area (Å²) in [6, 6.07) is 9.04. The van der Waals surface area contributed by atoms with E-state index in [0.29, 0.717) is 16.4 Å². The second-order valence-electron chi connectivity index (χ2n) is 7.68. The molecule has 4 rings (SSSR count). The fourth-order valence-electron chi connectivity index (χ4n) is 3.64. The average molecular weight is 510 g/mol. The van der Waals surface area contributed by atoms with Crippen LogP contribution in [0.2, 0.25) is 10.0 Å². The van der Waals surface area contributed by atoms with E-state index in [-0.39, 0.29) is 40.8 Å². The van der Waals surface area contributed by atoms with Crippen LogP contribution in [0.4, 0.5) is 5.69 Å². The molecule has 12 heteroatoms. The third-order valence-electron chi connectivity index (χ3n) is 5.07. The zero-order chi connectivity index (χ0) is 23.8. The van der Waals surface area contributed by atoms with Crippen LogP contribution in [0.5, 0.6) is 0 Å². The molecule has 0 bridgehead atoms. The molecule has 1 saturated heterocycles. The summed E-state index contributed by atoms with van der Waals surface area (Å²) in [6.07, 6.45) is 2.33. The lowest BCUT2D eigenvalue weighted by molar-refractivity contribution is -0.0440. The average Bonchev–Trinajstić information content (AvgIpc) is 3.28. The van der Waals surface area contributed by atoms with Gasteiger partial charge in [-0.05, 0) is 50.2 Å². The van der Waals surface area contributed by atoms with Crippen LogP contribution in [0, 0.1) is 0 Å². The number of nitrogens with zero attached hydrogens (tertiary/aromatic N) is 4. The Balaban J connectivity index is 1.65. The molecule has 3 aromatic rings. The van der Waals surface area contributed by atoms with Crippen molar-refractivity contribution in [2.45, 2.75) is 31.0 Å². The molecule has 33 heavy (non-hydrogen) atoms. The Hall–Kier alpha value is -2.50. The number of hydrogen-bond acceptors (Lipinski definition) is 6. The van der Waals surface area contributed by atoms with Gasteiger partial charge in [0.2, 0.25) is 10.0 Å². The quantitative estimate of drug-likeness (QED) is 0.562. The molecule has 0 radical (unpaired) electrons. The maximum Gasteiger partial charge on any atom is 0.255 e. The molecule has 174 valence electrons. The molecule has 1 fully saturated rings. The molecule has 0 saturated carbocycles. The van der Waals surface area contributed by atoms with E-state index >= 15 is 0 Å². The number of carbonyl (C=O) groups excluding carboxylic acids is 1. The summed E-state index contributed by atoms with van der Waals surface area (Å²) in [7, 11) is -3.94. The second-order valence-corrected chi connectivity index (χ2v) is 10.4. The molecule has 1 aromatic heterocycles. The van der Waals surface area contributed by atoms with Crippen molar-refractivity contribution in [1.29, 1.82) is 0 Å². The van der Waals surface area contributed by atoms with Gasteiger partial charge in [-0.2, -0.15) is 9.40 Å². The van der Waals surface area contributed by atoms with E-state index in [1.54, 1.807) is 32.0 Å². The minimum atomic E-state index is -3.94.